The van der Waals surface area contributed by atoms with E-state index in [1.165, 1.54) is 18.4 Å². The quantitative estimate of drug-likeness (QED) is 0.619. The molecule has 134 valence electrons. The number of rotatable bonds is 6. The number of hydrogen-bond donors (Lipinski definition) is 1. The molecule has 3 rings (SSSR count). The van der Waals surface area contributed by atoms with Gasteiger partial charge in [-0.05, 0) is 44.7 Å². The SMILES string of the molecule is Cc1ccc(NP(=O)(OC2CCCCC2)OC2CCCCC2)cc1. The maximum absolute atomic E-state index is 13.4. The molecule has 0 aliphatic heterocycles. The van der Waals surface area contributed by atoms with E-state index in [1.54, 1.807) is 0 Å². The minimum Gasteiger partial charge on any atom is -0.293 e. The Labute approximate surface area is 145 Å². The standard InChI is InChI=1S/C19H30NO3P/c1-16-12-14-17(15-13-16)20-24(21,22-18-8-4-2-5-9-18)23-19-10-6-3-7-11-19/h12-15,18-19H,2-11H2,1H3,(H,20,21). The zero-order chi connectivity index (χ0) is 16.8. The van der Waals surface area contributed by atoms with Crippen molar-refractivity contribution < 1.29 is 13.6 Å². The second-order valence-electron chi connectivity index (χ2n) is 7.21. The van der Waals surface area contributed by atoms with E-state index in [9.17, 15) is 4.57 Å². The molecular weight excluding hydrogens is 321 g/mol. The molecule has 0 saturated heterocycles. The van der Waals surface area contributed by atoms with E-state index >= 15 is 0 Å². The third-order valence-corrected chi connectivity index (χ3v) is 6.68. The Morgan fingerprint density at radius 3 is 1.75 bits per heavy atom. The van der Waals surface area contributed by atoms with Crippen LogP contribution in [0.25, 0.3) is 0 Å². The lowest BCUT2D eigenvalue weighted by Crippen LogP contribution is -2.22. The van der Waals surface area contributed by atoms with Gasteiger partial charge in [-0.3, -0.25) is 14.1 Å². The molecule has 1 aromatic rings. The summed E-state index contributed by atoms with van der Waals surface area (Å²) >= 11 is 0. The van der Waals surface area contributed by atoms with Gasteiger partial charge >= 0.3 is 7.75 Å². The Bertz CT molecular complexity index is 524. The second kappa shape index (κ2) is 8.51. The molecule has 2 aliphatic carbocycles. The predicted octanol–water partition coefficient (Wildman–Crippen LogP) is 6.21. The highest BCUT2D eigenvalue weighted by Crippen LogP contribution is 2.53. The van der Waals surface area contributed by atoms with Crippen molar-refractivity contribution in [3.05, 3.63) is 29.8 Å². The Kier molecular flexibility index (Phi) is 6.37. The van der Waals surface area contributed by atoms with Gasteiger partial charge in [0.2, 0.25) is 0 Å². The van der Waals surface area contributed by atoms with Gasteiger partial charge in [0.15, 0.2) is 0 Å². The molecule has 24 heavy (non-hydrogen) atoms. The van der Waals surface area contributed by atoms with Crippen LogP contribution in [0.1, 0.15) is 69.8 Å². The molecule has 2 saturated carbocycles. The second-order valence-corrected chi connectivity index (χ2v) is 8.85. The van der Waals surface area contributed by atoms with E-state index in [-0.39, 0.29) is 12.2 Å². The van der Waals surface area contributed by atoms with Crippen molar-refractivity contribution in [2.45, 2.75) is 83.3 Å². The fourth-order valence-corrected chi connectivity index (χ4v) is 5.42. The molecule has 0 radical (unpaired) electrons. The highest BCUT2D eigenvalue weighted by molar-refractivity contribution is 7.55. The third-order valence-electron chi connectivity index (χ3n) is 5.00. The van der Waals surface area contributed by atoms with Crippen LogP contribution >= 0.6 is 7.75 Å². The molecule has 0 unspecified atom stereocenters. The van der Waals surface area contributed by atoms with Crippen LogP contribution in [0.15, 0.2) is 24.3 Å². The molecular formula is C19H30NO3P. The molecule has 0 spiro atoms. The van der Waals surface area contributed by atoms with Crippen molar-refractivity contribution in [2.75, 3.05) is 5.09 Å². The summed E-state index contributed by atoms with van der Waals surface area (Å²) in [4.78, 5) is 0. The predicted molar refractivity (Wildman–Crippen MR) is 98.3 cm³/mol. The van der Waals surface area contributed by atoms with E-state index in [4.69, 9.17) is 9.05 Å². The van der Waals surface area contributed by atoms with Gasteiger partial charge < -0.3 is 0 Å². The topological polar surface area (TPSA) is 47.6 Å². The van der Waals surface area contributed by atoms with Crippen molar-refractivity contribution in [1.82, 2.24) is 0 Å². The largest absolute Gasteiger partial charge is 0.433 e. The van der Waals surface area contributed by atoms with Gasteiger partial charge in [-0.1, -0.05) is 56.2 Å². The van der Waals surface area contributed by atoms with Crippen molar-refractivity contribution in [3.63, 3.8) is 0 Å². The monoisotopic (exact) mass is 351 g/mol. The van der Waals surface area contributed by atoms with Crippen LogP contribution in [-0.2, 0) is 13.6 Å². The Hall–Kier alpha value is -0.830. The summed E-state index contributed by atoms with van der Waals surface area (Å²) < 4.78 is 25.5. The average molecular weight is 351 g/mol. The molecule has 1 N–H and O–H groups in total. The molecule has 2 aliphatic rings. The summed E-state index contributed by atoms with van der Waals surface area (Å²) in [6.07, 6.45) is 11.1. The Morgan fingerprint density at radius 2 is 1.29 bits per heavy atom. The summed E-state index contributed by atoms with van der Waals surface area (Å²) in [5.74, 6) is 0. The summed E-state index contributed by atoms with van der Waals surface area (Å²) in [6.45, 7) is 2.04. The minimum absolute atomic E-state index is 0.0473. The van der Waals surface area contributed by atoms with E-state index < -0.39 is 7.75 Å². The normalized spacial score (nSPS) is 20.9. The van der Waals surface area contributed by atoms with E-state index in [2.05, 4.69) is 5.09 Å². The maximum Gasteiger partial charge on any atom is 0.433 e. The minimum atomic E-state index is -3.34. The van der Waals surface area contributed by atoms with Crippen LogP contribution < -0.4 is 5.09 Å². The van der Waals surface area contributed by atoms with Crippen LogP contribution in [0.5, 0.6) is 0 Å². The van der Waals surface area contributed by atoms with Gasteiger partial charge in [0.1, 0.15) is 0 Å². The molecule has 0 bridgehead atoms. The summed E-state index contributed by atoms with van der Waals surface area (Å²) in [7, 11) is -3.34. The van der Waals surface area contributed by atoms with Crippen LogP contribution in [0, 0.1) is 6.92 Å². The molecule has 4 nitrogen and oxygen atoms in total. The summed E-state index contributed by atoms with van der Waals surface area (Å²) in [5, 5.41) is 3.09. The third kappa shape index (κ3) is 5.34. The van der Waals surface area contributed by atoms with Crippen LogP contribution in [-0.4, -0.2) is 12.2 Å². The zero-order valence-electron chi connectivity index (χ0n) is 14.7. The number of hydrogen-bond acceptors (Lipinski definition) is 3. The van der Waals surface area contributed by atoms with Gasteiger partial charge in [0.25, 0.3) is 0 Å². The molecule has 0 heterocycles. The van der Waals surface area contributed by atoms with Gasteiger partial charge in [0.05, 0.1) is 12.2 Å². The Balaban J connectivity index is 1.70. The first-order valence-corrected chi connectivity index (χ1v) is 11.0. The first kappa shape index (κ1) is 18.0. The summed E-state index contributed by atoms with van der Waals surface area (Å²) in [5.41, 5.74) is 1.98. The molecule has 1 aromatic carbocycles. The Morgan fingerprint density at radius 1 is 0.833 bits per heavy atom. The van der Waals surface area contributed by atoms with Crippen molar-refractivity contribution >= 4 is 13.4 Å². The first-order chi connectivity index (χ1) is 11.6. The lowest BCUT2D eigenvalue weighted by molar-refractivity contribution is 0.0816. The maximum atomic E-state index is 13.4. The van der Waals surface area contributed by atoms with Crippen LogP contribution in [0.3, 0.4) is 0 Å². The molecule has 5 heteroatoms. The number of nitrogens with one attached hydrogen (secondary N) is 1. The first-order valence-electron chi connectivity index (χ1n) is 9.45. The molecule has 0 atom stereocenters. The van der Waals surface area contributed by atoms with Crippen LogP contribution in [0.2, 0.25) is 0 Å². The zero-order valence-corrected chi connectivity index (χ0v) is 15.6. The van der Waals surface area contributed by atoms with Crippen molar-refractivity contribution in [2.24, 2.45) is 0 Å². The molecule has 0 aromatic heterocycles. The van der Waals surface area contributed by atoms with E-state index in [0.717, 1.165) is 57.1 Å². The highest BCUT2D eigenvalue weighted by atomic mass is 31.2. The van der Waals surface area contributed by atoms with Gasteiger partial charge in [-0.2, -0.15) is 0 Å². The van der Waals surface area contributed by atoms with Crippen molar-refractivity contribution in [1.29, 1.82) is 0 Å². The van der Waals surface area contributed by atoms with Crippen LogP contribution in [0.4, 0.5) is 5.69 Å². The molecule has 2 fully saturated rings. The van der Waals surface area contributed by atoms with Gasteiger partial charge in [-0.25, -0.2) is 4.57 Å². The average Bonchev–Trinajstić information content (AvgIpc) is 2.58. The van der Waals surface area contributed by atoms with Crippen molar-refractivity contribution in [3.8, 4) is 0 Å². The number of benzene rings is 1. The van der Waals surface area contributed by atoms with E-state index in [1.807, 2.05) is 31.2 Å². The number of aryl methyl sites for hydroxylation is 1. The fourth-order valence-electron chi connectivity index (χ4n) is 3.60. The fraction of sp³-hybridized carbons (Fsp3) is 0.684. The smallest absolute Gasteiger partial charge is 0.293 e. The van der Waals surface area contributed by atoms with Gasteiger partial charge in [0, 0.05) is 5.69 Å². The molecule has 0 amide bonds. The lowest BCUT2D eigenvalue weighted by atomic mass is 9.98. The number of anilines is 1. The van der Waals surface area contributed by atoms with E-state index in [0.29, 0.717) is 0 Å². The summed E-state index contributed by atoms with van der Waals surface area (Å²) in [6, 6.07) is 7.90. The van der Waals surface area contributed by atoms with Gasteiger partial charge in [-0.15, -0.1) is 0 Å². The highest BCUT2D eigenvalue weighted by Gasteiger charge is 2.33. The lowest BCUT2D eigenvalue weighted by Gasteiger charge is -2.31.